The predicted molar refractivity (Wildman–Crippen MR) is 95.0 cm³/mol. The standard InChI is InChI=1S/C21H14FNO3/c22-19-11-4-3-9-18(19)20-12-15(23-26-20)13-25-21(24)17-10-5-7-14-6-1-2-8-16(14)17/h1-12H,13H2. The number of esters is 1. The SMILES string of the molecule is O=C(OCc1cc(-c2ccccc2F)on1)c1cccc2ccccc12. The second kappa shape index (κ2) is 6.80. The van der Waals surface area contributed by atoms with Gasteiger partial charge in [0, 0.05) is 6.07 Å². The largest absolute Gasteiger partial charge is 0.455 e. The summed E-state index contributed by atoms with van der Waals surface area (Å²) in [6.07, 6.45) is 0. The molecule has 128 valence electrons. The fraction of sp³-hybridized carbons (Fsp3) is 0.0476. The summed E-state index contributed by atoms with van der Waals surface area (Å²) in [5.41, 5.74) is 1.21. The van der Waals surface area contributed by atoms with Crippen LogP contribution in [0, 0.1) is 5.82 Å². The second-order valence-corrected chi connectivity index (χ2v) is 5.77. The molecule has 0 spiro atoms. The molecule has 4 rings (SSSR count). The topological polar surface area (TPSA) is 52.3 Å². The molecule has 1 heterocycles. The van der Waals surface area contributed by atoms with E-state index < -0.39 is 11.8 Å². The Morgan fingerprint density at radius 1 is 1.00 bits per heavy atom. The van der Waals surface area contributed by atoms with Gasteiger partial charge in [-0.2, -0.15) is 0 Å². The first-order chi connectivity index (χ1) is 12.7. The highest BCUT2D eigenvalue weighted by Gasteiger charge is 2.14. The molecule has 0 aliphatic rings. The molecule has 0 atom stereocenters. The van der Waals surface area contributed by atoms with Gasteiger partial charge in [-0.3, -0.25) is 0 Å². The number of hydrogen-bond acceptors (Lipinski definition) is 4. The first-order valence-electron chi connectivity index (χ1n) is 8.08. The summed E-state index contributed by atoms with van der Waals surface area (Å²) in [4.78, 5) is 12.4. The minimum atomic E-state index is -0.447. The molecular weight excluding hydrogens is 333 g/mol. The third kappa shape index (κ3) is 3.07. The molecule has 4 nitrogen and oxygen atoms in total. The van der Waals surface area contributed by atoms with Crippen LogP contribution < -0.4 is 0 Å². The third-order valence-electron chi connectivity index (χ3n) is 4.06. The van der Waals surface area contributed by atoms with E-state index in [1.54, 1.807) is 30.3 Å². The predicted octanol–water partition coefficient (Wildman–Crippen LogP) is 4.99. The maximum Gasteiger partial charge on any atom is 0.339 e. The van der Waals surface area contributed by atoms with Crippen molar-refractivity contribution in [3.63, 3.8) is 0 Å². The van der Waals surface area contributed by atoms with Gasteiger partial charge in [-0.1, -0.05) is 53.7 Å². The Morgan fingerprint density at radius 3 is 2.65 bits per heavy atom. The minimum Gasteiger partial charge on any atom is -0.455 e. The molecule has 0 radical (unpaired) electrons. The molecule has 5 heteroatoms. The van der Waals surface area contributed by atoms with Crippen LogP contribution in [0.4, 0.5) is 4.39 Å². The normalized spacial score (nSPS) is 10.8. The number of ether oxygens (including phenoxy) is 1. The van der Waals surface area contributed by atoms with Crippen molar-refractivity contribution in [3.8, 4) is 11.3 Å². The van der Waals surface area contributed by atoms with Crippen LogP contribution in [0.25, 0.3) is 22.1 Å². The Morgan fingerprint density at radius 2 is 1.77 bits per heavy atom. The maximum atomic E-state index is 13.8. The van der Waals surface area contributed by atoms with Crippen molar-refractivity contribution in [2.75, 3.05) is 0 Å². The molecule has 0 saturated carbocycles. The van der Waals surface area contributed by atoms with Crippen LogP contribution in [0.3, 0.4) is 0 Å². The summed E-state index contributed by atoms with van der Waals surface area (Å²) in [6, 6.07) is 20.9. The zero-order valence-corrected chi connectivity index (χ0v) is 13.7. The van der Waals surface area contributed by atoms with Crippen LogP contribution in [0.1, 0.15) is 16.1 Å². The van der Waals surface area contributed by atoms with Crippen LogP contribution in [0.15, 0.2) is 77.3 Å². The summed E-state index contributed by atoms with van der Waals surface area (Å²) < 4.78 is 24.3. The van der Waals surface area contributed by atoms with Gasteiger partial charge >= 0.3 is 5.97 Å². The Bertz CT molecular complexity index is 1080. The van der Waals surface area contributed by atoms with Gasteiger partial charge in [0.2, 0.25) is 0 Å². The van der Waals surface area contributed by atoms with Crippen LogP contribution in [0.2, 0.25) is 0 Å². The van der Waals surface area contributed by atoms with Crippen LogP contribution in [-0.2, 0) is 11.3 Å². The number of fused-ring (bicyclic) bond motifs is 1. The van der Waals surface area contributed by atoms with E-state index in [0.29, 0.717) is 22.6 Å². The molecule has 0 unspecified atom stereocenters. The number of nitrogens with zero attached hydrogens (tertiary/aromatic N) is 1. The van der Waals surface area contributed by atoms with Crippen molar-refractivity contribution in [1.29, 1.82) is 0 Å². The first-order valence-corrected chi connectivity index (χ1v) is 8.08. The molecule has 0 aliphatic heterocycles. The van der Waals surface area contributed by atoms with E-state index in [4.69, 9.17) is 9.26 Å². The second-order valence-electron chi connectivity index (χ2n) is 5.77. The molecule has 4 aromatic rings. The van der Waals surface area contributed by atoms with Gasteiger partial charge in [0.05, 0.1) is 11.1 Å². The Labute approximate surface area is 148 Å². The van der Waals surface area contributed by atoms with Gasteiger partial charge in [-0.15, -0.1) is 0 Å². The van der Waals surface area contributed by atoms with Gasteiger partial charge < -0.3 is 9.26 Å². The molecule has 0 amide bonds. The molecule has 1 aromatic heterocycles. The molecular formula is C21H14FNO3. The quantitative estimate of drug-likeness (QED) is 0.488. The Hall–Kier alpha value is -3.47. The first kappa shape index (κ1) is 16.0. The molecule has 0 saturated heterocycles. The van der Waals surface area contributed by atoms with Crippen molar-refractivity contribution in [2.45, 2.75) is 6.61 Å². The summed E-state index contributed by atoms with van der Waals surface area (Å²) in [7, 11) is 0. The Kier molecular flexibility index (Phi) is 4.19. The summed E-state index contributed by atoms with van der Waals surface area (Å²) in [5, 5.41) is 5.63. The van der Waals surface area contributed by atoms with E-state index in [-0.39, 0.29) is 6.61 Å². The summed E-state index contributed by atoms with van der Waals surface area (Å²) in [5.74, 6) is -0.556. The van der Waals surface area contributed by atoms with Gasteiger partial charge in [0.15, 0.2) is 5.76 Å². The lowest BCUT2D eigenvalue weighted by Crippen LogP contribution is -2.06. The van der Waals surface area contributed by atoms with Crippen LogP contribution >= 0.6 is 0 Å². The maximum absolute atomic E-state index is 13.8. The lowest BCUT2D eigenvalue weighted by atomic mass is 10.1. The number of aromatic nitrogens is 1. The number of carbonyl (C=O) groups excluding carboxylic acids is 1. The third-order valence-corrected chi connectivity index (χ3v) is 4.06. The van der Waals surface area contributed by atoms with Crippen molar-refractivity contribution in [1.82, 2.24) is 5.16 Å². The summed E-state index contributed by atoms with van der Waals surface area (Å²) >= 11 is 0. The highest BCUT2D eigenvalue weighted by molar-refractivity contribution is 6.04. The van der Waals surface area contributed by atoms with Gasteiger partial charge in [-0.25, -0.2) is 9.18 Å². The van der Waals surface area contributed by atoms with Crippen molar-refractivity contribution in [3.05, 3.63) is 89.9 Å². The lowest BCUT2D eigenvalue weighted by Gasteiger charge is -2.06. The number of benzene rings is 3. The highest BCUT2D eigenvalue weighted by atomic mass is 19.1. The van der Waals surface area contributed by atoms with Gasteiger partial charge in [0.1, 0.15) is 18.1 Å². The van der Waals surface area contributed by atoms with Gasteiger partial charge in [-0.05, 0) is 29.0 Å². The number of halogens is 1. The lowest BCUT2D eigenvalue weighted by molar-refractivity contribution is 0.0466. The monoisotopic (exact) mass is 347 g/mol. The van der Waals surface area contributed by atoms with E-state index in [1.807, 2.05) is 36.4 Å². The van der Waals surface area contributed by atoms with Crippen LogP contribution in [-0.4, -0.2) is 11.1 Å². The zero-order valence-electron chi connectivity index (χ0n) is 13.7. The summed E-state index contributed by atoms with van der Waals surface area (Å²) in [6.45, 7) is -0.0555. The van der Waals surface area contributed by atoms with E-state index >= 15 is 0 Å². The number of carbonyl (C=O) groups is 1. The van der Waals surface area contributed by atoms with E-state index in [1.165, 1.54) is 6.07 Å². The molecule has 0 N–H and O–H groups in total. The van der Waals surface area contributed by atoms with E-state index in [9.17, 15) is 9.18 Å². The van der Waals surface area contributed by atoms with Crippen molar-refractivity contribution < 1.29 is 18.4 Å². The van der Waals surface area contributed by atoms with E-state index in [2.05, 4.69) is 5.16 Å². The smallest absolute Gasteiger partial charge is 0.339 e. The zero-order chi connectivity index (χ0) is 17.9. The molecule has 0 fully saturated rings. The average molecular weight is 347 g/mol. The fourth-order valence-corrected chi connectivity index (χ4v) is 2.79. The molecule has 0 bridgehead atoms. The van der Waals surface area contributed by atoms with Gasteiger partial charge in [0.25, 0.3) is 0 Å². The number of rotatable bonds is 4. The number of hydrogen-bond donors (Lipinski definition) is 0. The fourth-order valence-electron chi connectivity index (χ4n) is 2.79. The average Bonchev–Trinajstić information content (AvgIpc) is 3.15. The minimum absolute atomic E-state index is 0.0555. The molecule has 0 aliphatic carbocycles. The Balaban J connectivity index is 1.51. The van der Waals surface area contributed by atoms with Crippen molar-refractivity contribution in [2.24, 2.45) is 0 Å². The molecule has 26 heavy (non-hydrogen) atoms. The molecule has 3 aromatic carbocycles. The van der Waals surface area contributed by atoms with Crippen molar-refractivity contribution >= 4 is 16.7 Å². The highest BCUT2D eigenvalue weighted by Crippen LogP contribution is 2.24. The van der Waals surface area contributed by atoms with E-state index in [0.717, 1.165) is 10.8 Å². The van der Waals surface area contributed by atoms with Crippen LogP contribution in [0.5, 0.6) is 0 Å².